The number of hydrogen-bond acceptors (Lipinski definition) is 4. The van der Waals surface area contributed by atoms with Gasteiger partial charge in [0.25, 0.3) is 5.91 Å². The van der Waals surface area contributed by atoms with Crippen molar-refractivity contribution < 1.29 is 9.59 Å². The first-order valence-corrected chi connectivity index (χ1v) is 11.5. The smallest absolute Gasteiger partial charge is 0.274 e. The fraction of sp³-hybridized carbons (Fsp3) is 0.375. The van der Waals surface area contributed by atoms with Crippen LogP contribution in [0.2, 0.25) is 0 Å². The van der Waals surface area contributed by atoms with Crippen LogP contribution in [0.3, 0.4) is 0 Å². The molecule has 1 aliphatic heterocycles. The summed E-state index contributed by atoms with van der Waals surface area (Å²) in [5.74, 6) is 0.128. The van der Waals surface area contributed by atoms with Crippen molar-refractivity contribution in [2.45, 2.75) is 32.6 Å². The Bertz CT molecular complexity index is 1070. The summed E-state index contributed by atoms with van der Waals surface area (Å²) >= 11 is 1.70. The molecule has 1 aliphatic rings. The summed E-state index contributed by atoms with van der Waals surface area (Å²) in [6.45, 7) is 5.04. The van der Waals surface area contributed by atoms with Crippen molar-refractivity contribution in [2.24, 2.45) is 5.41 Å². The van der Waals surface area contributed by atoms with E-state index >= 15 is 0 Å². The van der Waals surface area contributed by atoms with Crippen molar-refractivity contribution in [3.05, 3.63) is 64.8 Å². The second-order valence-corrected chi connectivity index (χ2v) is 9.50. The molecule has 0 bridgehead atoms. The highest BCUT2D eigenvalue weighted by Gasteiger charge is 2.46. The van der Waals surface area contributed by atoms with E-state index < -0.39 is 5.41 Å². The van der Waals surface area contributed by atoms with Crippen molar-refractivity contribution in [2.75, 3.05) is 20.1 Å². The van der Waals surface area contributed by atoms with Crippen LogP contribution >= 0.6 is 11.3 Å². The maximum Gasteiger partial charge on any atom is 0.274 e. The predicted octanol–water partition coefficient (Wildman–Crippen LogP) is 4.08. The average molecular weight is 437 g/mol. The van der Waals surface area contributed by atoms with Gasteiger partial charge in [-0.1, -0.05) is 44.2 Å². The quantitative estimate of drug-likeness (QED) is 0.611. The Morgan fingerprint density at radius 3 is 2.77 bits per heavy atom. The number of H-pyrrole nitrogens is 1. The van der Waals surface area contributed by atoms with E-state index in [2.05, 4.69) is 59.0 Å². The number of thiophene rings is 1. The van der Waals surface area contributed by atoms with Crippen molar-refractivity contribution in [1.29, 1.82) is 0 Å². The van der Waals surface area contributed by atoms with E-state index in [4.69, 9.17) is 0 Å². The zero-order valence-electron chi connectivity index (χ0n) is 18.1. The zero-order valence-corrected chi connectivity index (χ0v) is 19.0. The first kappa shape index (κ1) is 21.3. The third kappa shape index (κ3) is 4.28. The number of carbonyl (C=O) groups excluding carboxylic acids is 2. The summed E-state index contributed by atoms with van der Waals surface area (Å²) in [4.78, 5) is 29.0. The molecule has 162 valence electrons. The molecule has 0 radical (unpaired) electrons. The van der Waals surface area contributed by atoms with Gasteiger partial charge in [0.05, 0.1) is 5.41 Å². The Morgan fingerprint density at radius 2 is 2.10 bits per heavy atom. The van der Waals surface area contributed by atoms with Gasteiger partial charge >= 0.3 is 0 Å². The van der Waals surface area contributed by atoms with E-state index in [-0.39, 0.29) is 17.7 Å². The van der Waals surface area contributed by atoms with Crippen LogP contribution in [0.5, 0.6) is 0 Å². The van der Waals surface area contributed by atoms with Crippen LogP contribution in [0.1, 0.15) is 47.9 Å². The van der Waals surface area contributed by atoms with Crippen LogP contribution in [0.4, 0.5) is 0 Å². The summed E-state index contributed by atoms with van der Waals surface area (Å²) in [5, 5.41) is 12.0. The second kappa shape index (κ2) is 8.67. The van der Waals surface area contributed by atoms with Crippen LogP contribution in [0.25, 0.3) is 10.4 Å². The van der Waals surface area contributed by atoms with Gasteiger partial charge in [-0.05, 0) is 47.4 Å². The van der Waals surface area contributed by atoms with Crippen LogP contribution < -0.4 is 5.32 Å². The maximum absolute atomic E-state index is 13.1. The van der Waals surface area contributed by atoms with Crippen LogP contribution in [-0.4, -0.2) is 47.0 Å². The van der Waals surface area contributed by atoms with Gasteiger partial charge in [0.2, 0.25) is 5.91 Å². The molecular formula is C24H28N4O2S. The first-order chi connectivity index (χ1) is 14.9. The molecule has 1 aromatic carbocycles. The first-order valence-electron chi connectivity index (χ1n) is 10.6. The fourth-order valence-corrected chi connectivity index (χ4v) is 5.02. The molecule has 1 atom stereocenters. The van der Waals surface area contributed by atoms with E-state index in [9.17, 15) is 9.59 Å². The highest BCUT2D eigenvalue weighted by Crippen LogP contribution is 2.36. The number of amides is 2. The minimum atomic E-state index is -0.643. The number of benzene rings is 1. The van der Waals surface area contributed by atoms with Gasteiger partial charge in [0.1, 0.15) is 5.69 Å². The molecule has 31 heavy (non-hydrogen) atoms. The summed E-state index contributed by atoms with van der Waals surface area (Å²) < 4.78 is 0. The molecule has 2 N–H and O–H groups in total. The molecule has 1 fully saturated rings. The summed E-state index contributed by atoms with van der Waals surface area (Å²) in [5.41, 5.74) is 2.96. The Kier molecular flexibility index (Phi) is 5.96. The van der Waals surface area contributed by atoms with Crippen LogP contribution in [-0.2, 0) is 11.2 Å². The molecule has 1 saturated heterocycles. The summed E-state index contributed by atoms with van der Waals surface area (Å²) in [7, 11) is 1.67. The highest BCUT2D eigenvalue weighted by molar-refractivity contribution is 7.13. The second-order valence-electron chi connectivity index (χ2n) is 8.55. The van der Waals surface area contributed by atoms with E-state index in [0.29, 0.717) is 31.6 Å². The fourth-order valence-electron chi connectivity index (χ4n) is 4.29. The van der Waals surface area contributed by atoms with Gasteiger partial charge in [0.15, 0.2) is 0 Å². The number of hydrogen-bond donors (Lipinski definition) is 2. The lowest BCUT2D eigenvalue weighted by Crippen LogP contribution is -2.44. The predicted molar refractivity (Wildman–Crippen MR) is 123 cm³/mol. The van der Waals surface area contributed by atoms with E-state index in [1.54, 1.807) is 23.3 Å². The van der Waals surface area contributed by atoms with Crippen molar-refractivity contribution in [1.82, 2.24) is 20.4 Å². The number of rotatable bonds is 6. The topological polar surface area (TPSA) is 78.1 Å². The van der Waals surface area contributed by atoms with Crippen LogP contribution in [0, 0.1) is 5.41 Å². The molecule has 2 amide bonds. The van der Waals surface area contributed by atoms with Crippen molar-refractivity contribution >= 4 is 23.2 Å². The summed E-state index contributed by atoms with van der Waals surface area (Å²) in [6.07, 6.45) is 1.22. The Balaban J connectivity index is 1.56. The van der Waals surface area contributed by atoms with Gasteiger partial charge in [-0.3, -0.25) is 14.7 Å². The number of carbonyl (C=O) groups is 2. The highest BCUT2D eigenvalue weighted by atomic mass is 32.1. The molecule has 4 rings (SSSR count). The van der Waals surface area contributed by atoms with E-state index in [1.807, 2.05) is 18.2 Å². The van der Waals surface area contributed by atoms with Gasteiger partial charge in [-0.2, -0.15) is 5.10 Å². The third-order valence-corrected chi connectivity index (χ3v) is 6.98. The minimum Gasteiger partial charge on any atom is -0.359 e. The van der Waals surface area contributed by atoms with Crippen molar-refractivity contribution in [3.63, 3.8) is 0 Å². The number of nitrogens with one attached hydrogen (secondary N) is 2. The number of likely N-dealkylation sites (tertiary alicyclic amines) is 1. The van der Waals surface area contributed by atoms with Gasteiger partial charge in [0, 0.05) is 30.7 Å². The minimum absolute atomic E-state index is 0.0192. The lowest BCUT2D eigenvalue weighted by molar-refractivity contribution is -0.129. The molecule has 3 aromatic rings. The summed E-state index contributed by atoms with van der Waals surface area (Å²) in [6, 6.07) is 14.3. The Hall–Kier alpha value is -2.93. The van der Waals surface area contributed by atoms with E-state index in [0.717, 1.165) is 16.8 Å². The van der Waals surface area contributed by atoms with E-state index in [1.165, 1.54) is 4.88 Å². The standard InChI is InChI=1S/C24H28N4O2S/c1-16(2)19-13-20(27-26-19)22(29)28-10-9-24(15-28,23(30)25-3)14-17-6-4-7-18(12-17)21-8-5-11-31-21/h4-8,11-13,16H,9-10,14-15H2,1-3H3,(H,25,30)(H,26,27)/t24-/m0/s1. The molecule has 0 unspecified atom stereocenters. The lowest BCUT2D eigenvalue weighted by atomic mass is 9.79. The largest absolute Gasteiger partial charge is 0.359 e. The number of aromatic amines is 1. The SMILES string of the molecule is CNC(=O)[C@]1(Cc2cccc(-c3cccs3)c2)CCN(C(=O)c2cc(C(C)C)[nH]n2)C1. The molecular weight excluding hydrogens is 408 g/mol. The zero-order chi connectivity index (χ0) is 22.0. The van der Waals surface area contributed by atoms with Gasteiger partial charge in [-0.25, -0.2) is 0 Å². The number of aromatic nitrogens is 2. The molecule has 7 heteroatoms. The maximum atomic E-state index is 13.1. The van der Waals surface area contributed by atoms with Gasteiger partial charge < -0.3 is 10.2 Å². The molecule has 2 aromatic heterocycles. The Labute approximate surface area is 186 Å². The van der Waals surface area contributed by atoms with Crippen molar-refractivity contribution in [3.8, 4) is 10.4 Å². The molecule has 0 saturated carbocycles. The van der Waals surface area contributed by atoms with Crippen LogP contribution in [0.15, 0.2) is 47.8 Å². The Morgan fingerprint density at radius 1 is 1.26 bits per heavy atom. The third-order valence-electron chi connectivity index (χ3n) is 6.06. The molecule has 0 aliphatic carbocycles. The van der Waals surface area contributed by atoms with Gasteiger partial charge in [-0.15, -0.1) is 11.3 Å². The number of nitrogens with zero attached hydrogens (tertiary/aromatic N) is 2. The monoisotopic (exact) mass is 436 g/mol. The lowest BCUT2D eigenvalue weighted by Gasteiger charge is -2.27. The molecule has 6 nitrogen and oxygen atoms in total. The molecule has 3 heterocycles. The molecule has 0 spiro atoms. The normalized spacial score (nSPS) is 18.5. The average Bonchev–Trinajstić information content (AvgIpc) is 3.54.